The third-order valence-electron chi connectivity index (χ3n) is 4.51. The summed E-state index contributed by atoms with van der Waals surface area (Å²) in [7, 11) is 0. The average Bonchev–Trinajstić information content (AvgIpc) is 2.53. The molecule has 0 spiro atoms. The summed E-state index contributed by atoms with van der Waals surface area (Å²) in [5.74, 6) is -0.158. The summed E-state index contributed by atoms with van der Waals surface area (Å²) in [6, 6.07) is 20.0. The summed E-state index contributed by atoms with van der Waals surface area (Å²) in [5.41, 5.74) is 8.44. The Morgan fingerprint density at radius 3 is 2.23 bits per heavy atom. The summed E-state index contributed by atoms with van der Waals surface area (Å²) in [6.45, 7) is 2.13. The minimum atomic E-state index is -0.158. The van der Waals surface area contributed by atoms with Gasteiger partial charge < -0.3 is 0 Å². The third-order valence-corrected chi connectivity index (χ3v) is 4.51. The van der Waals surface area contributed by atoms with E-state index in [4.69, 9.17) is 0 Å². The van der Waals surface area contributed by atoms with E-state index in [1.54, 1.807) is 6.07 Å². The second-order valence-electron chi connectivity index (χ2n) is 6.09. The molecule has 22 heavy (non-hydrogen) atoms. The molecule has 3 aromatic carbocycles. The van der Waals surface area contributed by atoms with Crippen molar-refractivity contribution in [2.75, 3.05) is 0 Å². The van der Waals surface area contributed by atoms with Crippen LogP contribution in [0, 0.1) is 12.7 Å². The Balaban J connectivity index is 1.78. The molecule has 0 aromatic heterocycles. The van der Waals surface area contributed by atoms with Gasteiger partial charge in [0.05, 0.1) is 0 Å². The molecule has 0 saturated heterocycles. The van der Waals surface area contributed by atoms with E-state index in [1.807, 2.05) is 18.2 Å². The fourth-order valence-electron chi connectivity index (χ4n) is 3.33. The van der Waals surface area contributed by atoms with Gasteiger partial charge in [0, 0.05) is 5.56 Å². The van der Waals surface area contributed by atoms with Crippen molar-refractivity contribution in [2.24, 2.45) is 0 Å². The smallest absolute Gasteiger partial charge is 0.131 e. The van der Waals surface area contributed by atoms with Crippen molar-refractivity contribution in [2.45, 2.75) is 19.8 Å². The van der Waals surface area contributed by atoms with Gasteiger partial charge in [-0.05, 0) is 53.6 Å². The Labute approximate surface area is 130 Å². The molecule has 0 bridgehead atoms. The maximum absolute atomic E-state index is 14.0. The molecule has 1 aliphatic rings. The van der Waals surface area contributed by atoms with Crippen LogP contribution in [0.3, 0.4) is 0 Å². The standard InChI is InChI=1S/C21H17F/c1-14-6-7-15-11-16-8-9-17(12-19(16)13-18(15)10-14)20-4-2-3-5-21(20)22/h2-10,12H,11,13H2,1H3. The highest BCUT2D eigenvalue weighted by Gasteiger charge is 2.16. The van der Waals surface area contributed by atoms with Gasteiger partial charge in [0.15, 0.2) is 0 Å². The molecule has 1 aliphatic carbocycles. The molecule has 0 fully saturated rings. The van der Waals surface area contributed by atoms with Gasteiger partial charge in [0.25, 0.3) is 0 Å². The van der Waals surface area contributed by atoms with Crippen molar-refractivity contribution in [1.29, 1.82) is 0 Å². The van der Waals surface area contributed by atoms with Gasteiger partial charge in [-0.25, -0.2) is 4.39 Å². The number of hydrogen-bond acceptors (Lipinski definition) is 0. The lowest BCUT2D eigenvalue weighted by atomic mass is 9.84. The Bertz CT molecular complexity index is 862. The normalized spacial score (nSPS) is 12.6. The average molecular weight is 288 g/mol. The second-order valence-corrected chi connectivity index (χ2v) is 6.09. The summed E-state index contributed by atoms with van der Waals surface area (Å²) >= 11 is 0. The lowest BCUT2D eigenvalue weighted by Crippen LogP contribution is -2.07. The largest absolute Gasteiger partial charge is 0.206 e. The highest BCUT2D eigenvalue weighted by Crippen LogP contribution is 2.32. The third kappa shape index (κ3) is 2.23. The van der Waals surface area contributed by atoms with E-state index in [0.29, 0.717) is 5.56 Å². The number of rotatable bonds is 1. The molecule has 108 valence electrons. The molecule has 0 aliphatic heterocycles. The predicted molar refractivity (Wildman–Crippen MR) is 88.6 cm³/mol. The van der Waals surface area contributed by atoms with Crippen LogP contribution in [0.25, 0.3) is 11.1 Å². The number of halogens is 1. The minimum absolute atomic E-state index is 0.158. The van der Waals surface area contributed by atoms with Crippen LogP contribution >= 0.6 is 0 Å². The first kappa shape index (κ1) is 13.3. The molecule has 0 saturated carbocycles. The summed E-state index contributed by atoms with van der Waals surface area (Å²) in [4.78, 5) is 0. The van der Waals surface area contributed by atoms with Gasteiger partial charge in [-0.3, -0.25) is 0 Å². The molecule has 4 rings (SSSR count). The van der Waals surface area contributed by atoms with E-state index in [2.05, 4.69) is 37.3 Å². The monoisotopic (exact) mass is 288 g/mol. The van der Waals surface area contributed by atoms with Crippen LogP contribution < -0.4 is 0 Å². The SMILES string of the molecule is Cc1ccc2c(c1)Cc1cc(-c3ccccc3F)ccc1C2. The molecular formula is C21H17F. The highest BCUT2D eigenvalue weighted by molar-refractivity contribution is 5.66. The quantitative estimate of drug-likeness (QED) is 0.446. The summed E-state index contributed by atoms with van der Waals surface area (Å²) in [6.07, 6.45) is 1.91. The van der Waals surface area contributed by atoms with Crippen molar-refractivity contribution in [3.05, 3.63) is 94.3 Å². The van der Waals surface area contributed by atoms with Crippen LogP contribution in [0.2, 0.25) is 0 Å². The van der Waals surface area contributed by atoms with Crippen molar-refractivity contribution in [3.63, 3.8) is 0 Å². The Morgan fingerprint density at radius 2 is 1.41 bits per heavy atom. The molecular weight excluding hydrogens is 271 g/mol. The Morgan fingerprint density at radius 1 is 0.727 bits per heavy atom. The van der Waals surface area contributed by atoms with Crippen molar-refractivity contribution in [3.8, 4) is 11.1 Å². The molecule has 0 heterocycles. The molecule has 1 heteroatoms. The van der Waals surface area contributed by atoms with Gasteiger partial charge in [-0.1, -0.05) is 60.2 Å². The maximum atomic E-state index is 14.0. The van der Waals surface area contributed by atoms with Crippen LogP contribution in [-0.2, 0) is 12.8 Å². The number of benzene rings is 3. The van der Waals surface area contributed by atoms with Crippen LogP contribution in [0.1, 0.15) is 27.8 Å². The lowest BCUT2D eigenvalue weighted by Gasteiger charge is -2.21. The summed E-state index contributed by atoms with van der Waals surface area (Å²) in [5, 5.41) is 0. The van der Waals surface area contributed by atoms with E-state index < -0.39 is 0 Å². The van der Waals surface area contributed by atoms with Gasteiger partial charge in [-0.2, -0.15) is 0 Å². The van der Waals surface area contributed by atoms with Gasteiger partial charge >= 0.3 is 0 Å². The molecule has 0 amide bonds. The molecule has 0 N–H and O–H groups in total. The second kappa shape index (κ2) is 5.10. The molecule has 0 nitrogen and oxygen atoms in total. The van der Waals surface area contributed by atoms with E-state index in [1.165, 1.54) is 33.9 Å². The Hall–Kier alpha value is -2.41. The summed E-state index contributed by atoms with van der Waals surface area (Å²) < 4.78 is 14.0. The van der Waals surface area contributed by atoms with Gasteiger partial charge in [-0.15, -0.1) is 0 Å². The fraction of sp³-hybridized carbons (Fsp3) is 0.143. The van der Waals surface area contributed by atoms with Crippen molar-refractivity contribution in [1.82, 2.24) is 0 Å². The Kier molecular flexibility index (Phi) is 3.07. The highest BCUT2D eigenvalue weighted by atomic mass is 19.1. The minimum Gasteiger partial charge on any atom is -0.206 e. The van der Waals surface area contributed by atoms with Crippen LogP contribution in [0.4, 0.5) is 4.39 Å². The van der Waals surface area contributed by atoms with Crippen LogP contribution in [0.5, 0.6) is 0 Å². The van der Waals surface area contributed by atoms with Gasteiger partial charge in [0.2, 0.25) is 0 Å². The van der Waals surface area contributed by atoms with Crippen molar-refractivity contribution >= 4 is 0 Å². The van der Waals surface area contributed by atoms with E-state index in [-0.39, 0.29) is 5.82 Å². The topological polar surface area (TPSA) is 0 Å². The predicted octanol–water partition coefficient (Wildman–Crippen LogP) is 5.30. The zero-order valence-corrected chi connectivity index (χ0v) is 12.6. The first-order valence-electron chi connectivity index (χ1n) is 7.66. The van der Waals surface area contributed by atoms with E-state index in [9.17, 15) is 4.39 Å². The lowest BCUT2D eigenvalue weighted by molar-refractivity contribution is 0.631. The molecule has 3 aromatic rings. The fourth-order valence-corrected chi connectivity index (χ4v) is 3.33. The van der Waals surface area contributed by atoms with Crippen LogP contribution in [-0.4, -0.2) is 0 Å². The molecule has 0 unspecified atom stereocenters. The molecule has 0 radical (unpaired) electrons. The maximum Gasteiger partial charge on any atom is 0.131 e. The first-order valence-corrected chi connectivity index (χ1v) is 7.66. The van der Waals surface area contributed by atoms with Crippen LogP contribution in [0.15, 0.2) is 60.7 Å². The van der Waals surface area contributed by atoms with E-state index in [0.717, 1.165) is 18.4 Å². The number of fused-ring (bicyclic) bond motifs is 2. The van der Waals surface area contributed by atoms with Gasteiger partial charge in [0.1, 0.15) is 5.82 Å². The molecule has 0 atom stereocenters. The van der Waals surface area contributed by atoms with E-state index >= 15 is 0 Å². The number of aryl methyl sites for hydroxylation is 1. The van der Waals surface area contributed by atoms with Crippen molar-refractivity contribution < 1.29 is 4.39 Å². The zero-order chi connectivity index (χ0) is 15.1. The zero-order valence-electron chi connectivity index (χ0n) is 12.6. The number of hydrogen-bond donors (Lipinski definition) is 0. The first-order chi connectivity index (χ1) is 10.7.